The standard InChI is InChI=1S/C32H34O17/c33-17-5-1-15(9-19(17)35)3-7-25(39)47-23-13-31(46,11-21(37)27(23)41)30(45)49-32(29(43)44)12-22(38)28(42)24(14-32)48-26(40)8-4-16-2-6-18(34)20(36)10-16/h1-10,21-24,27-28,33-38,41-42,46H,11-14H2,(H,43,44)/b7-3+,8-4+/t21-,22-,23-,24-,27-,28+,31+,32-/m0/s1. The minimum atomic E-state index is -2.75. The number of carbonyl (C=O) groups excluding carboxylic acids is 3. The minimum absolute atomic E-state index is 0.246. The van der Waals surface area contributed by atoms with Crippen LogP contribution in [0.15, 0.2) is 48.6 Å². The summed E-state index contributed by atoms with van der Waals surface area (Å²) in [5.74, 6) is -7.54. The number of aliphatic hydroxyl groups excluding tert-OH is 4. The van der Waals surface area contributed by atoms with Gasteiger partial charge in [-0.1, -0.05) is 12.1 Å². The van der Waals surface area contributed by atoms with E-state index in [-0.39, 0.29) is 11.1 Å². The second kappa shape index (κ2) is 14.5. The molecule has 0 saturated heterocycles. The molecule has 2 aliphatic carbocycles. The van der Waals surface area contributed by atoms with Gasteiger partial charge >= 0.3 is 23.9 Å². The van der Waals surface area contributed by atoms with Crippen molar-refractivity contribution in [2.75, 3.05) is 0 Å². The molecule has 17 heteroatoms. The lowest BCUT2D eigenvalue weighted by Crippen LogP contribution is -2.62. The first-order valence-electron chi connectivity index (χ1n) is 14.7. The molecule has 0 aromatic heterocycles. The van der Waals surface area contributed by atoms with Gasteiger partial charge in [-0.15, -0.1) is 0 Å². The van der Waals surface area contributed by atoms with Crippen molar-refractivity contribution < 1.29 is 84.5 Å². The number of carboxylic acid groups (broad SMARTS) is 1. The molecular formula is C32H34O17. The molecule has 17 nitrogen and oxygen atoms in total. The van der Waals surface area contributed by atoms with E-state index < -0.39 is 120 Å². The van der Waals surface area contributed by atoms with Crippen LogP contribution < -0.4 is 0 Å². The topological polar surface area (TPSA) is 298 Å². The van der Waals surface area contributed by atoms with Crippen molar-refractivity contribution in [3.63, 3.8) is 0 Å². The average molecular weight is 691 g/mol. The zero-order valence-electron chi connectivity index (χ0n) is 25.4. The van der Waals surface area contributed by atoms with E-state index in [1.807, 2.05) is 0 Å². The second-order valence-corrected chi connectivity index (χ2v) is 11.8. The monoisotopic (exact) mass is 690 g/mol. The number of ether oxygens (including phenoxy) is 3. The lowest BCUT2D eigenvalue weighted by Gasteiger charge is -2.44. The smallest absolute Gasteiger partial charge is 0.348 e. The normalized spacial score (nSPS) is 30.1. The molecule has 0 unspecified atom stereocenters. The predicted molar refractivity (Wildman–Crippen MR) is 161 cm³/mol. The summed E-state index contributed by atoms with van der Waals surface area (Å²) in [7, 11) is 0. The van der Waals surface area contributed by atoms with Gasteiger partial charge in [0.15, 0.2) is 28.6 Å². The third-order valence-corrected chi connectivity index (χ3v) is 8.12. The number of hydrogen-bond acceptors (Lipinski definition) is 16. The molecule has 2 aromatic rings. The van der Waals surface area contributed by atoms with Crippen LogP contribution in [0.5, 0.6) is 23.0 Å². The van der Waals surface area contributed by atoms with E-state index in [2.05, 4.69) is 0 Å². The number of phenols is 4. The van der Waals surface area contributed by atoms with E-state index in [4.69, 9.17) is 14.2 Å². The highest BCUT2D eigenvalue weighted by Crippen LogP contribution is 2.39. The number of carboxylic acids is 1. The molecule has 2 fully saturated rings. The Labute approximate surface area is 276 Å². The maximum atomic E-state index is 13.4. The van der Waals surface area contributed by atoms with Crippen LogP contribution in [-0.4, -0.2) is 123 Å². The summed E-state index contributed by atoms with van der Waals surface area (Å²) in [6, 6.07) is 7.22. The Morgan fingerprint density at radius 2 is 1.10 bits per heavy atom. The lowest BCUT2D eigenvalue weighted by atomic mass is 9.77. The van der Waals surface area contributed by atoms with E-state index in [9.17, 15) is 70.2 Å². The Morgan fingerprint density at radius 1 is 0.653 bits per heavy atom. The van der Waals surface area contributed by atoms with Crippen molar-refractivity contribution in [1.29, 1.82) is 0 Å². The molecule has 49 heavy (non-hydrogen) atoms. The van der Waals surface area contributed by atoms with Gasteiger partial charge in [-0.2, -0.15) is 0 Å². The fourth-order valence-corrected chi connectivity index (χ4v) is 5.44. The summed E-state index contributed by atoms with van der Waals surface area (Å²) in [4.78, 5) is 50.8. The van der Waals surface area contributed by atoms with Crippen molar-refractivity contribution >= 4 is 36.0 Å². The molecule has 0 radical (unpaired) electrons. The fraction of sp³-hybridized carbons (Fsp3) is 0.375. The van der Waals surface area contributed by atoms with Crippen LogP contribution in [0.3, 0.4) is 0 Å². The molecule has 4 rings (SSSR count). The number of benzene rings is 2. The van der Waals surface area contributed by atoms with Gasteiger partial charge in [0.25, 0.3) is 0 Å². The zero-order chi connectivity index (χ0) is 36.3. The zero-order valence-corrected chi connectivity index (χ0v) is 25.4. The van der Waals surface area contributed by atoms with E-state index >= 15 is 0 Å². The first-order valence-corrected chi connectivity index (χ1v) is 14.7. The van der Waals surface area contributed by atoms with E-state index in [1.165, 1.54) is 18.2 Å². The molecule has 0 amide bonds. The second-order valence-electron chi connectivity index (χ2n) is 11.8. The largest absolute Gasteiger partial charge is 0.504 e. The fourth-order valence-electron chi connectivity index (χ4n) is 5.44. The van der Waals surface area contributed by atoms with Gasteiger partial charge in [0, 0.05) is 37.8 Å². The van der Waals surface area contributed by atoms with Gasteiger partial charge in [-0.25, -0.2) is 19.2 Å². The third kappa shape index (κ3) is 8.45. The molecule has 2 saturated carbocycles. The first kappa shape index (κ1) is 36.6. The minimum Gasteiger partial charge on any atom is -0.504 e. The van der Waals surface area contributed by atoms with Gasteiger partial charge in [0.05, 0.1) is 12.2 Å². The van der Waals surface area contributed by atoms with E-state index in [1.54, 1.807) is 0 Å². The first-order chi connectivity index (χ1) is 22.9. The summed E-state index contributed by atoms with van der Waals surface area (Å²) < 4.78 is 15.5. The van der Waals surface area contributed by atoms with Crippen LogP contribution in [-0.2, 0) is 33.4 Å². The number of rotatable bonds is 9. The Bertz CT molecular complexity index is 1650. The van der Waals surface area contributed by atoms with E-state index in [0.29, 0.717) is 0 Å². The van der Waals surface area contributed by atoms with Gasteiger partial charge in [-0.3, -0.25) is 0 Å². The Hall–Kier alpha value is -5.20. The van der Waals surface area contributed by atoms with Crippen molar-refractivity contribution in [2.24, 2.45) is 0 Å². The number of phenolic OH excluding ortho intramolecular Hbond substituents is 4. The summed E-state index contributed by atoms with van der Waals surface area (Å²) in [5, 5.41) is 101. The van der Waals surface area contributed by atoms with Crippen LogP contribution in [0.1, 0.15) is 36.8 Å². The average Bonchev–Trinajstić information content (AvgIpc) is 3.03. The highest BCUT2D eigenvalue weighted by molar-refractivity contribution is 5.89. The summed E-state index contributed by atoms with van der Waals surface area (Å²) in [5.41, 5.74) is -4.93. The molecule has 0 aliphatic heterocycles. The lowest BCUT2D eigenvalue weighted by molar-refractivity contribution is -0.228. The number of aliphatic carboxylic acids is 1. The van der Waals surface area contributed by atoms with Crippen LogP contribution in [0.4, 0.5) is 0 Å². The van der Waals surface area contributed by atoms with Crippen LogP contribution in [0.25, 0.3) is 12.2 Å². The predicted octanol–water partition coefficient (Wildman–Crippen LogP) is -0.812. The highest BCUT2D eigenvalue weighted by atomic mass is 16.6. The van der Waals surface area contributed by atoms with Crippen LogP contribution >= 0.6 is 0 Å². The molecule has 2 aromatic carbocycles. The van der Waals surface area contributed by atoms with E-state index in [0.717, 1.165) is 42.5 Å². The summed E-state index contributed by atoms with van der Waals surface area (Å²) >= 11 is 0. The van der Waals surface area contributed by atoms with Gasteiger partial charge < -0.3 is 65.3 Å². The molecule has 0 heterocycles. The summed E-state index contributed by atoms with van der Waals surface area (Å²) in [6.45, 7) is 0. The van der Waals surface area contributed by atoms with Crippen LogP contribution in [0, 0.1) is 0 Å². The molecule has 2 aliphatic rings. The van der Waals surface area contributed by atoms with Crippen molar-refractivity contribution in [2.45, 2.75) is 73.5 Å². The molecule has 264 valence electrons. The number of esters is 3. The maximum Gasteiger partial charge on any atom is 0.348 e. The quantitative estimate of drug-likeness (QED) is 0.0666. The molecule has 10 N–H and O–H groups in total. The molecule has 0 spiro atoms. The third-order valence-electron chi connectivity index (χ3n) is 8.12. The summed E-state index contributed by atoms with van der Waals surface area (Å²) in [6.07, 6.45) is -10.5. The number of hydrogen-bond donors (Lipinski definition) is 10. The number of carbonyl (C=O) groups is 4. The Balaban J connectivity index is 1.47. The van der Waals surface area contributed by atoms with Crippen LogP contribution in [0.2, 0.25) is 0 Å². The number of aromatic hydroxyl groups is 4. The Morgan fingerprint density at radius 3 is 1.55 bits per heavy atom. The molecule has 0 bridgehead atoms. The van der Waals surface area contributed by atoms with Crippen molar-refractivity contribution in [1.82, 2.24) is 0 Å². The highest BCUT2D eigenvalue weighted by Gasteiger charge is 2.58. The number of aliphatic hydroxyl groups is 5. The van der Waals surface area contributed by atoms with Gasteiger partial charge in [0.1, 0.15) is 24.4 Å². The van der Waals surface area contributed by atoms with Crippen molar-refractivity contribution in [3.8, 4) is 23.0 Å². The SMILES string of the molecule is O=C(/C=C/c1ccc(O)c(O)c1)O[C@H]1C[C@@](O)(C(=O)O[C@]2(C(=O)O)C[C@H](OC(=O)/C=C/c3ccc(O)c(O)c3)[C@H](O)[C@@H](O)C2)C[C@H](O)[C@@H]1O. The van der Waals surface area contributed by atoms with Gasteiger partial charge in [-0.05, 0) is 47.5 Å². The van der Waals surface area contributed by atoms with Gasteiger partial charge in [0.2, 0.25) is 5.60 Å². The van der Waals surface area contributed by atoms with Crippen molar-refractivity contribution in [3.05, 3.63) is 59.7 Å². The molecule has 8 atom stereocenters. The Kier molecular flexibility index (Phi) is 10.8. The molecular weight excluding hydrogens is 656 g/mol. The maximum absolute atomic E-state index is 13.4.